The van der Waals surface area contributed by atoms with Crippen molar-refractivity contribution in [2.24, 2.45) is 11.8 Å². The van der Waals surface area contributed by atoms with E-state index in [2.05, 4.69) is 11.9 Å². The molecule has 3 atom stereocenters. The molecular formula is C14H15ClF2N2. The molecule has 102 valence electrons. The number of fused-ring (bicyclic) bond motifs is 1. The van der Waals surface area contributed by atoms with Gasteiger partial charge in [0, 0.05) is 6.54 Å². The quantitative estimate of drug-likeness (QED) is 0.770. The Bertz CT molecular complexity index is 636. The lowest BCUT2D eigenvalue weighted by molar-refractivity contribution is 0.505. The number of alkyl halides is 1. The van der Waals surface area contributed by atoms with Gasteiger partial charge in [-0.3, -0.25) is 0 Å². The van der Waals surface area contributed by atoms with Gasteiger partial charge >= 0.3 is 0 Å². The summed E-state index contributed by atoms with van der Waals surface area (Å²) in [5.74, 6) is 0.0789. The van der Waals surface area contributed by atoms with Crippen LogP contribution in [0.25, 0.3) is 11.0 Å². The second-order valence-electron chi connectivity index (χ2n) is 5.40. The van der Waals surface area contributed by atoms with Gasteiger partial charge in [-0.2, -0.15) is 0 Å². The van der Waals surface area contributed by atoms with Crippen molar-refractivity contribution in [3.8, 4) is 0 Å². The van der Waals surface area contributed by atoms with E-state index < -0.39 is 11.6 Å². The Balaban J connectivity index is 2.18. The Kier molecular flexibility index (Phi) is 3.01. The van der Waals surface area contributed by atoms with Gasteiger partial charge in [-0.1, -0.05) is 6.92 Å². The minimum atomic E-state index is -0.841. The summed E-state index contributed by atoms with van der Waals surface area (Å²) in [4.78, 5) is 4.34. The molecule has 1 aromatic carbocycles. The predicted molar refractivity (Wildman–Crippen MR) is 71.2 cm³/mol. The zero-order valence-corrected chi connectivity index (χ0v) is 11.6. The van der Waals surface area contributed by atoms with Crippen molar-refractivity contribution in [1.82, 2.24) is 9.55 Å². The van der Waals surface area contributed by atoms with Gasteiger partial charge in [-0.05, 0) is 37.3 Å². The number of nitrogens with zero attached hydrogens (tertiary/aromatic N) is 2. The molecule has 0 bridgehead atoms. The monoisotopic (exact) mass is 284 g/mol. The van der Waals surface area contributed by atoms with Crippen LogP contribution in [0.1, 0.15) is 31.5 Å². The van der Waals surface area contributed by atoms with Crippen LogP contribution in [-0.4, -0.2) is 9.55 Å². The van der Waals surface area contributed by atoms with E-state index in [4.69, 9.17) is 11.6 Å². The summed E-state index contributed by atoms with van der Waals surface area (Å²) < 4.78 is 29.2. The minimum Gasteiger partial charge on any atom is -0.324 e. The molecule has 1 saturated carbocycles. The average Bonchev–Trinajstić information content (AvgIpc) is 2.90. The largest absolute Gasteiger partial charge is 0.324 e. The van der Waals surface area contributed by atoms with Gasteiger partial charge in [0.1, 0.15) is 11.3 Å². The third-order valence-electron chi connectivity index (χ3n) is 3.88. The first-order chi connectivity index (χ1) is 8.99. The molecule has 5 heteroatoms. The van der Waals surface area contributed by atoms with Crippen LogP contribution >= 0.6 is 11.6 Å². The number of hydrogen-bond donors (Lipinski definition) is 0. The molecule has 0 radical (unpaired) electrons. The first kappa shape index (κ1) is 12.9. The highest BCUT2D eigenvalue weighted by atomic mass is 35.5. The lowest BCUT2D eigenvalue weighted by Gasteiger charge is -2.10. The van der Waals surface area contributed by atoms with Crippen molar-refractivity contribution in [3.05, 3.63) is 29.6 Å². The number of imidazole rings is 1. The van der Waals surface area contributed by atoms with Crippen molar-refractivity contribution in [2.75, 3.05) is 0 Å². The number of rotatable bonds is 3. The van der Waals surface area contributed by atoms with E-state index in [1.165, 1.54) is 6.07 Å². The van der Waals surface area contributed by atoms with Crippen LogP contribution in [0.2, 0.25) is 0 Å². The maximum absolute atomic E-state index is 14.0. The third-order valence-corrected chi connectivity index (χ3v) is 4.07. The molecule has 2 nitrogen and oxygen atoms in total. The summed E-state index contributed by atoms with van der Waals surface area (Å²) in [5.41, 5.74) is 0.705. The Hall–Kier alpha value is -1.16. The van der Waals surface area contributed by atoms with Gasteiger partial charge in [0.2, 0.25) is 0 Å². The van der Waals surface area contributed by atoms with Gasteiger partial charge in [-0.15, -0.1) is 11.6 Å². The first-order valence-electron chi connectivity index (χ1n) is 6.47. The molecule has 19 heavy (non-hydrogen) atoms. The fourth-order valence-electron chi connectivity index (χ4n) is 2.55. The van der Waals surface area contributed by atoms with Crippen LogP contribution in [0.4, 0.5) is 8.78 Å². The normalized spacial score (nSPS) is 23.8. The maximum Gasteiger partial charge on any atom is 0.184 e. The second-order valence-corrected chi connectivity index (χ2v) is 6.05. The van der Waals surface area contributed by atoms with E-state index >= 15 is 0 Å². The van der Waals surface area contributed by atoms with Crippen molar-refractivity contribution in [1.29, 1.82) is 0 Å². The van der Waals surface area contributed by atoms with E-state index in [1.54, 1.807) is 11.5 Å². The summed E-state index contributed by atoms with van der Waals surface area (Å²) in [6.07, 6.45) is 1.12. The first-order valence-corrected chi connectivity index (χ1v) is 6.91. The number of halogens is 3. The van der Waals surface area contributed by atoms with Crippen LogP contribution in [0.15, 0.2) is 12.1 Å². The van der Waals surface area contributed by atoms with Crippen LogP contribution in [0.3, 0.4) is 0 Å². The van der Waals surface area contributed by atoms with Crippen molar-refractivity contribution < 1.29 is 8.78 Å². The van der Waals surface area contributed by atoms with Crippen LogP contribution in [0, 0.1) is 23.5 Å². The number of aromatic nitrogens is 2. The summed E-state index contributed by atoms with van der Waals surface area (Å²) in [7, 11) is 0. The number of hydrogen-bond acceptors (Lipinski definition) is 1. The van der Waals surface area contributed by atoms with Crippen molar-refractivity contribution in [3.63, 3.8) is 0 Å². The molecule has 0 aliphatic heterocycles. The summed E-state index contributed by atoms with van der Waals surface area (Å²) in [6.45, 7) is 4.61. The highest BCUT2D eigenvalue weighted by molar-refractivity contribution is 6.20. The van der Waals surface area contributed by atoms with Gasteiger partial charge in [0.15, 0.2) is 11.6 Å². The maximum atomic E-state index is 14.0. The van der Waals surface area contributed by atoms with Gasteiger partial charge in [0.05, 0.1) is 10.9 Å². The zero-order chi connectivity index (χ0) is 13.7. The average molecular weight is 285 g/mol. The number of benzene rings is 1. The Morgan fingerprint density at radius 3 is 2.74 bits per heavy atom. The highest BCUT2D eigenvalue weighted by Gasteiger charge is 2.34. The molecule has 2 aromatic rings. The molecule has 1 aliphatic rings. The molecule has 1 aromatic heterocycles. The van der Waals surface area contributed by atoms with E-state index in [-0.39, 0.29) is 10.9 Å². The van der Waals surface area contributed by atoms with Crippen molar-refractivity contribution in [2.45, 2.75) is 32.2 Å². The molecule has 1 aliphatic carbocycles. The van der Waals surface area contributed by atoms with Gasteiger partial charge < -0.3 is 4.57 Å². The van der Waals surface area contributed by atoms with Crippen LogP contribution < -0.4 is 0 Å². The van der Waals surface area contributed by atoms with E-state index in [1.807, 2.05) is 0 Å². The molecule has 1 heterocycles. The summed E-state index contributed by atoms with van der Waals surface area (Å²) in [6, 6.07) is 2.61. The Morgan fingerprint density at radius 1 is 1.47 bits per heavy atom. The van der Waals surface area contributed by atoms with Gasteiger partial charge in [0.25, 0.3) is 0 Å². The SMILES string of the molecule is CC(Cl)c1nc2ccc(F)c(F)c2n1CC1CC1C. The molecule has 0 spiro atoms. The molecule has 3 unspecified atom stereocenters. The summed E-state index contributed by atoms with van der Waals surface area (Å²) in [5, 5.41) is -0.330. The Morgan fingerprint density at radius 2 is 2.16 bits per heavy atom. The van der Waals surface area contributed by atoms with E-state index in [0.29, 0.717) is 29.7 Å². The fourth-order valence-corrected chi connectivity index (χ4v) is 2.72. The predicted octanol–water partition coefficient (Wildman–Crippen LogP) is 4.27. The summed E-state index contributed by atoms with van der Waals surface area (Å²) >= 11 is 6.11. The molecule has 3 rings (SSSR count). The highest BCUT2D eigenvalue weighted by Crippen LogP contribution is 2.41. The standard InChI is InChI=1S/C14H15ClF2N2/c1-7-5-9(7)6-19-13-11(18-14(19)8(2)15)4-3-10(16)12(13)17/h3-4,7-9H,5-6H2,1-2H3. The zero-order valence-electron chi connectivity index (χ0n) is 10.8. The molecular weight excluding hydrogens is 270 g/mol. The fraction of sp³-hybridized carbons (Fsp3) is 0.500. The second kappa shape index (κ2) is 4.44. The molecule has 0 N–H and O–H groups in total. The minimum absolute atomic E-state index is 0.238. The lowest BCUT2D eigenvalue weighted by Crippen LogP contribution is -2.08. The third kappa shape index (κ3) is 2.12. The Labute approximate surface area is 115 Å². The van der Waals surface area contributed by atoms with E-state index in [9.17, 15) is 8.78 Å². The topological polar surface area (TPSA) is 17.8 Å². The molecule has 1 fully saturated rings. The smallest absolute Gasteiger partial charge is 0.184 e. The van der Waals surface area contributed by atoms with E-state index in [0.717, 1.165) is 12.5 Å². The molecule has 0 saturated heterocycles. The van der Waals surface area contributed by atoms with Gasteiger partial charge in [-0.25, -0.2) is 13.8 Å². The molecule has 0 amide bonds. The van der Waals surface area contributed by atoms with Crippen LogP contribution in [0.5, 0.6) is 0 Å². The lowest BCUT2D eigenvalue weighted by atomic mass is 10.2. The van der Waals surface area contributed by atoms with Crippen molar-refractivity contribution >= 4 is 22.6 Å². The van der Waals surface area contributed by atoms with Crippen LogP contribution in [-0.2, 0) is 6.54 Å².